The Hall–Kier alpha value is -3.89. The zero-order chi connectivity index (χ0) is 25.7. The molecule has 4 rings (SSSR count). The number of hydrogen-bond acceptors (Lipinski definition) is 7. The van der Waals surface area contributed by atoms with Gasteiger partial charge in [0.2, 0.25) is 22.0 Å². The second kappa shape index (κ2) is 10.8. The lowest BCUT2D eigenvalue weighted by atomic mass is 10.2. The molecule has 1 aliphatic heterocycles. The quantitative estimate of drug-likeness (QED) is 0.430. The molecule has 10 heteroatoms. The predicted octanol–water partition coefficient (Wildman–Crippen LogP) is 2.85. The van der Waals surface area contributed by atoms with Crippen molar-refractivity contribution in [2.24, 2.45) is 0 Å². The van der Waals surface area contributed by atoms with Gasteiger partial charge in [-0.1, -0.05) is 42.5 Å². The molecule has 0 saturated carbocycles. The molecule has 1 amide bonds. The fraction of sp³-hybridized carbons (Fsp3) is 0.231. The summed E-state index contributed by atoms with van der Waals surface area (Å²) < 4.78 is 44.0. The van der Waals surface area contributed by atoms with E-state index in [0.29, 0.717) is 17.2 Å². The van der Waals surface area contributed by atoms with Gasteiger partial charge < -0.3 is 19.1 Å². The molecule has 36 heavy (non-hydrogen) atoms. The maximum Gasteiger partial charge on any atom is 0.348 e. The number of anilines is 1. The molecule has 1 aliphatic rings. The van der Waals surface area contributed by atoms with E-state index in [9.17, 15) is 18.0 Å². The van der Waals surface area contributed by atoms with Crippen LogP contribution in [0.25, 0.3) is 0 Å². The van der Waals surface area contributed by atoms with Gasteiger partial charge in [0.05, 0.1) is 37.9 Å². The Balaban J connectivity index is 1.67. The zero-order valence-electron chi connectivity index (χ0n) is 19.9. The minimum absolute atomic E-state index is 0.0205. The van der Waals surface area contributed by atoms with E-state index in [1.54, 1.807) is 60.7 Å². The maximum atomic E-state index is 13.6. The molecule has 9 nitrogen and oxygen atoms in total. The van der Waals surface area contributed by atoms with Gasteiger partial charge in [0.25, 0.3) is 0 Å². The average molecular weight is 511 g/mol. The van der Waals surface area contributed by atoms with E-state index in [-0.39, 0.29) is 18.0 Å². The first-order chi connectivity index (χ1) is 17.3. The maximum absolute atomic E-state index is 13.6. The second-order valence-electron chi connectivity index (χ2n) is 8.04. The topological polar surface area (TPSA) is 102 Å². The molecule has 188 valence electrons. The number of rotatable bonds is 8. The molecule has 0 aliphatic carbocycles. The van der Waals surface area contributed by atoms with E-state index in [0.717, 1.165) is 9.87 Å². The number of carbonyl (C=O) groups excluding carboxylic acids is 2. The summed E-state index contributed by atoms with van der Waals surface area (Å²) in [4.78, 5) is 27.2. The SMILES string of the molecule is COC(=O)[C@H]1CN(C(=O)CN(Cc2ccccc2)S(=O)(=O)c2ccc(OC)cc2)c2ccccc2O1. The molecule has 0 spiro atoms. The van der Waals surface area contributed by atoms with Crippen LogP contribution in [0.3, 0.4) is 0 Å². The summed E-state index contributed by atoms with van der Waals surface area (Å²) in [6.45, 7) is -0.580. The summed E-state index contributed by atoms with van der Waals surface area (Å²) in [5.41, 5.74) is 1.17. The van der Waals surface area contributed by atoms with Crippen LogP contribution in [0.15, 0.2) is 83.8 Å². The van der Waals surface area contributed by atoms with Crippen molar-refractivity contribution in [3.63, 3.8) is 0 Å². The first-order valence-corrected chi connectivity index (χ1v) is 12.6. The molecular weight excluding hydrogens is 484 g/mol. The van der Waals surface area contributed by atoms with Gasteiger partial charge in [-0.3, -0.25) is 4.79 Å². The summed E-state index contributed by atoms with van der Waals surface area (Å²) >= 11 is 0. The number of benzene rings is 3. The first kappa shape index (κ1) is 25.2. The van der Waals surface area contributed by atoms with Crippen molar-refractivity contribution in [3.8, 4) is 11.5 Å². The highest BCUT2D eigenvalue weighted by Crippen LogP contribution is 2.34. The van der Waals surface area contributed by atoms with Crippen LogP contribution in [0.2, 0.25) is 0 Å². The third-order valence-corrected chi connectivity index (χ3v) is 7.56. The van der Waals surface area contributed by atoms with E-state index in [2.05, 4.69) is 0 Å². The van der Waals surface area contributed by atoms with Gasteiger partial charge in [-0.25, -0.2) is 13.2 Å². The van der Waals surface area contributed by atoms with E-state index in [1.165, 1.54) is 31.3 Å². The van der Waals surface area contributed by atoms with Gasteiger partial charge in [-0.05, 0) is 42.0 Å². The molecule has 3 aromatic carbocycles. The number of amides is 1. The number of para-hydroxylation sites is 2. The average Bonchev–Trinajstić information content (AvgIpc) is 2.92. The number of ether oxygens (including phenoxy) is 3. The lowest BCUT2D eigenvalue weighted by Crippen LogP contribution is -2.50. The molecule has 0 radical (unpaired) electrons. The van der Waals surface area contributed by atoms with Crippen LogP contribution < -0.4 is 14.4 Å². The van der Waals surface area contributed by atoms with Crippen molar-refractivity contribution in [1.29, 1.82) is 0 Å². The van der Waals surface area contributed by atoms with Crippen LogP contribution >= 0.6 is 0 Å². The Labute approximate surface area is 209 Å². The van der Waals surface area contributed by atoms with E-state index in [1.807, 2.05) is 6.07 Å². The number of nitrogens with zero attached hydrogens (tertiary/aromatic N) is 2. The number of carbonyl (C=O) groups is 2. The van der Waals surface area contributed by atoms with Crippen molar-refractivity contribution < 1.29 is 32.2 Å². The molecule has 0 bridgehead atoms. The van der Waals surface area contributed by atoms with Gasteiger partial charge in [0.1, 0.15) is 11.5 Å². The lowest BCUT2D eigenvalue weighted by molar-refractivity contribution is -0.148. The Morgan fingerprint density at radius 3 is 2.31 bits per heavy atom. The van der Waals surface area contributed by atoms with E-state index in [4.69, 9.17) is 14.2 Å². The van der Waals surface area contributed by atoms with Crippen LogP contribution in [0.4, 0.5) is 5.69 Å². The zero-order valence-corrected chi connectivity index (χ0v) is 20.7. The fourth-order valence-electron chi connectivity index (χ4n) is 3.87. The third kappa shape index (κ3) is 5.34. The summed E-state index contributed by atoms with van der Waals surface area (Å²) in [7, 11) is -1.33. The molecule has 1 atom stereocenters. The molecular formula is C26H26N2O7S. The number of sulfonamides is 1. The molecule has 0 aromatic heterocycles. The van der Waals surface area contributed by atoms with Crippen LogP contribution in [-0.2, 0) is 30.9 Å². The standard InChI is InChI=1S/C26H26N2O7S/c1-33-20-12-14-21(15-13-20)36(31,32)27(16-19-8-4-3-5-9-19)18-25(29)28-17-24(26(30)34-2)35-23-11-7-6-10-22(23)28/h3-15,24H,16-18H2,1-2H3/t24-/m1/s1. The molecule has 3 aromatic rings. The Kier molecular flexibility index (Phi) is 7.56. The molecule has 0 fully saturated rings. The molecule has 0 N–H and O–H groups in total. The van der Waals surface area contributed by atoms with Crippen LogP contribution in [0, 0.1) is 0 Å². The largest absolute Gasteiger partial charge is 0.497 e. The Morgan fingerprint density at radius 1 is 0.972 bits per heavy atom. The highest BCUT2D eigenvalue weighted by atomic mass is 32.2. The summed E-state index contributed by atoms with van der Waals surface area (Å²) in [6, 6.07) is 21.8. The van der Waals surface area contributed by atoms with Crippen molar-refractivity contribution >= 4 is 27.6 Å². The fourth-order valence-corrected chi connectivity index (χ4v) is 5.25. The highest BCUT2D eigenvalue weighted by molar-refractivity contribution is 7.89. The van der Waals surface area contributed by atoms with Crippen molar-refractivity contribution in [2.45, 2.75) is 17.5 Å². The molecule has 0 saturated heterocycles. The van der Waals surface area contributed by atoms with Crippen molar-refractivity contribution in [2.75, 3.05) is 32.2 Å². The number of esters is 1. The van der Waals surface area contributed by atoms with Crippen LogP contribution in [0.1, 0.15) is 5.56 Å². The summed E-state index contributed by atoms with van der Waals surface area (Å²) in [6.07, 6.45) is -1.03. The Morgan fingerprint density at radius 2 is 1.64 bits per heavy atom. The summed E-state index contributed by atoms with van der Waals surface area (Å²) in [5.74, 6) is -0.291. The lowest BCUT2D eigenvalue weighted by Gasteiger charge is -2.34. The second-order valence-corrected chi connectivity index (χ2v) is 9.97. The van der Waals surface area contributed by atoms with Crippen LogP contribution in [0.5, 0.6) is 11.5 Å². The van der Waals surface area contributed by atoms with Gasteiger partial charge in [-0.15, -0.1) is 0 Å². The molecule has 1 heterocycles. The number of hydrogen-bond donors (Lipinski definition) is 0. The van der Waals surface area contributed by atoms with Crippen molar-refractivity contribution in [3.05, 3.63) is 84.4 Å². The smallest absolute Gasteiger partial charge is 0.348 e. The minimum Gasteiger partial charge on any atom is -0.497 e. The van der Waals surface area contributed by atoms with Crippen molar-refractivity contribution in [1.82, 2.24) is 4.31 Å². The van der Waals surface area contributed by atoms with Crippen LogP contribution in [-0.4, -0.2) is 58.0 Å². The number of methoxy groups -OCH3 is 2. The Bertz CT molecular complexity index is 1330. The predicted molar refractivity (Wildman–Crippen MR) is 132 cm³/mol. The third-order valence-electron chi connectivity index (χ3n) is 5.75. The normalized spacial score (nSPS) is 15.1. The van der Waals surface area contributed by atoms with Gasteiger partial charge in [0.15, 0.2) is 0 Å². The summed E-state index contributed by atoms with van der Waals surface area (Å²) in [5, 5.41) is 0. The first-order valence-electron chi connectivity index (χ1n) is 11.2. The van der Waals surface area contributed by atoms with E-state index < -0.39 is 34.5 Å². The number of fused-ring (bicyclic) bond motifs is 1. The minimum atomic E-state index is -4.06. The highest BCUT2D eigenvalue weighted by Gasteiger charge is 2.36. The van der Waals surface area contributed by atoms with E-state index >= 15 is 0 Å². The van der Waals surface area contributed by atoms with Gasteiger partial charge in [0, 0.05) is 6.54 Å². The molecule has 0 unspecified atom stereocenters. The monoisotopic (exact) mass is 510 g/mol. The van der Waals surface area contributed by atoms with Gasteiger partial charge >= 0.3 is 5.97 Å². The van der Waals surface area contributed by atoms with Gasteiger partial charge in [-0.2, -0.15) is 4.31 Å².